The second-order valence-electron chi connectivity index (χ2n) is 3.96. The van der Waals surface area contributed by atoms with Crippen molar-refractivity contribution >= 4 is 21.8 Å². The van der Waals surface area contributed by atoms with Crippen molar-refractivity contribution in [3.63, 3.8) is 0 Å². The lowest BCUT2D eigenvalue weighted by Crippen LogP contribution is -2.25. The summed E-state index contributed by atoms with van der Waals surface area (Å²) in [6.07, 6.45) is 1.46. The maximum absolute atomic E-state index is 11.7. The van der Waals surface area contributed by atoms with Gasteiger partial charge in [0.25, 0.3) is 0 Å². The van der Waals surface area contributed by atoms with Crippen LogP contribution in [0, 0.1) is 0 Å². The third-order valence-electron chi connectivity index (χ3n) is 2.54. The van der Waals surface area contributed by atoms with Crippen LogP contribution in [0.3, 0.4) is 0 Å². The lowest BCUT2D eigenvalue weighted by Gasteiger charge is -2.18. The third-order valence-corrected chi connectivity index (χ3v) is 3.03. The molecule has 0 aliphatic rings. The van der Waals surface area contributed by atoms with Gasteiger partial charge in [0, 0.05) is 30.0 Å². The summed E-state index contributed by atoms with van der Waals surface area (Å²) in [5, 5.41) is 0. The van der Waals surface area contributed by atoms with Crippen molar-refractivity contribution in [1.82, 2.24) is 4.90 Å². The number of halogens is 1. The number of nitrogens with zero attached hydrogens (tertiary/aromatic N) is 1. The molecule has 1 aromatic rings. The number of carbonyl (C=O) groups is 1. The summed E-state index contributed by atoms with van der Waals surface area (Å²) in [4.78, 5) is 13.4. The van der Waals surface area contributed by atoms with Crippen LogP contribution in [-0.4, -0.2) is 25.0 Å². The smallest absolute Gasteiger partial charge is 0.222 e. The van der Waals surface area contributed by atoms with E-state index in [1.165, 1.54) is 0 Å². The van der Waals surface area contributed by atoms with Crippen molar-refractivity contribution in [3.05, 3.63) is 28.2 Å². The maximum Gasteiger partial charge on any atom is 0.222 e. The van der Waals surface area contributed by atoms with Crippen molar-refractivity contribution < 1.29 is 9.53 Å². The number of amides is 1. The lowest BCUT2D eigenvalue weighted by atomic mass is 10.2. The van der Waals surface area contributed by atoms with E-state index in [0.29, 0.717) is 13.0 Å². The van der Waals surface area contributed by atoms with E-state index in [2.05, 4.69) is 15.9 Å². The molecule has 3 nitrogen and oxygen atoms in total. The van der Waals surface area contributed by atoms with Gasteiger partial charge in [-0.25, -0.2) is 0 Å². The van der Waals surface area contributed by atoms with Crippen molar-refractivity contribution in [1.29, 1.82) is 0 Å². The van der Waals surface area contributed by atoms with E-state index < -0.39 is 0 Å². The van der Waals surface area contributed by atoms with Gasteiger partial charge in [-0.2, -0.15) is 0 Å². The van der Waals surface area contributed by atoms with E-state index in [1.54, 1.807) is 12.0 Å². The van der Waals surface area contributed by atoms with Gasteiger partial charge in [0.1, 0.15) is 5.75 Å². The molecule has 1 amide bonds. The van der Waals surface area contributed by atoms with Crippen molar-refractivity contribution in [2.75, 3.05) is 14.2 Å². The molecule has 0 atom stereocenters. The molecule has 4 heteroatoms. The molecule has 0 radical (unpaired) electrons. The average molecular weight is 300 g/mol. The Morgan fingerprint density at radius 3 is 2.76 bits per heavy atom. The van der Waals surface area contributed by atoms with Gasteiger partial charge in [-0.05, 0) is 24.6 Å². The summed E-state index contributed by atoms with van der Waals surface area (Å²) < 4.78 is 6.27. The van der Waals surface area contributed by atoms with Gasteiger partial charge >= 0.3 is 0 Å². The van der Waals surface area contributed by atoms with E-state index in [-0.39, 0.29) is 5.91 Å². The van der Waals surface area contributed by atoms with E-state index in [1.807, 2.05) is 32.2 Å². The Labute approximate surface area is 111 Å². The number of methoxy groups -OCH3 is 1. The van der Waals surface area contributed by atoms with Crippen LogP contribution in [0.15, 0.2) is 22.7 Å². The molecule has 0 aliphatic heterocycles. The molecule has 0 N–H and O–H groups in total. The van der Waals surface area contributed by atoms with Gasteiger partial charge in [-0.1, -0.05) is 22.9 Å². The minimum Gasteiger partial charge on any atom is -0.496 e. The van der Waals surface area contributed by atoms with Crippen molar-refractivity contribution in [2.45, 2.75) is 26.3 Å². The van der Waals surface area contributed by atoms with Crippen LogP contribution in [-0.2, 0) is 11.3 Å². The Kier molecular flexibility index (Phi) is 5.48. The normalized spacial score (nSPS) is 10.1. The minimum atomic E-state index is 0.162. The van der Waals surface area contributed by atoms with Crippen LogP contribution >= 0.6 is 15.9 Å². The fraction of sp³-hybridized carbons (Fsp3) is 0.462. The Hall–Kier alpha value is -1.03. The molecule has 0 spiro atoms. The second-order valence-corrected chi connectivity index (χ2v) is 4.87. The summed E-state index contributed by atoms with van der Waals surface area (Å²) in [5.74, 6) is 0.971. The molecular weight excluding hydrogens is 282 g/mol. The first-order chi connectivity index (χ1) is 8.08. The minimum absolute atomic E-state index is 0.162. The van der Waals surface area contributed by atoms with E-state index in [4.69, 9.17) is 4.74 Å². The van der Waals surface area contributed by atoms with Crippen LogP contribution in [0.4, 0.5) is 0 Å². The molecule has 1 rings (SSSR count). The van der Waals surface area contributed by atoms with Crippen LogP contribution in [0.25, 0.3) is 0 Å². The number of benzene rings is 1. The zero-order valence-corrected chi connectivity index (χ0v) is 12.1. The fourth-order valence-corrected chi connectivity index (χ4v) is 2.03. The maximum atomic E-state index is 11.7. The SMILES string of the molecule is CCCC(=O)N(C)Cc1cc(Br)ccc1OC. The molecule has 94 valence electrons. The predicted octanol–water partition coefficient (Wildman–Crippen LogP) is 3.22. The van der Waals surface area contributed by atoms with Crippen LogP contribution in [0.2, 0.25) is 0 Å². The second kappa shape index (κ2) is 6.64. The van der Waals surface area contributed by atoms with E-state index >= 15 is 0 Å². The Bertz CT molecular complexity index is 393. The van der Waals surface area contributed by atoms with Crippen LogP contribution in [0.5, 0.6) is 5.75 Å². The highest BCUT2D eigenvalue weighted by molar-refractivity contribution is 9.10. The molecule has 0 bridgehead atoms. The summed E-state index contributed by atoms with van der Waals surface area (Å²) in [6.45, 7) is 2.58. The highest BCUT2D eigenvalue weighted by Gasteiger charge is 2.11. The third kappa shape index (κ3) is 4.04. The van der Waals surface area contributed by atoms with E-state index in [9.17, 15) is 4.79 Å². The highest BCUT2D eigenvalue weighted by Crippen LogP contribution is 2.24. The fourth-order valence-electron chi connectivity index (χ4n) is 1.62. The number of hydrogen-bond donors (Lipinski definition) is 0. The first kappa shape index (κ1) is 14.0. The molecule has 0 aliphatic carbocycles. The Balaban J connectivity index is 2.79. The Morgan fingerprint density at radius 1 is 1.47 bits per heavy atom. The van der Waals surface area contributed by atoms with Gasteiger partial charge in [0.05, 0.1) is 7.11 Å². The number of hydrogen-bond acceptors (Lipinski definition) is 2. The molecule has 0 unspecified atom stereocenters. The number of carbonyl (C=O) groups excluding carboxylic acids is 1. The van der Waals surface area contributed by atoms with Gasteiger partial charge in [0.2, 0.25) is 5.91 Å². The van der Waals surface area contributed by atoms with E-state index in [0.717, 1.165) is 22.2 Å². The monoisotopic (exact) mass is 299 g/mol. The molecule has 1 aromatic carbocycles. The van der Waals surface area contributed by atoms with Gasteiger partial charge in [-0.15, -0.1) is 0 Å². The summed E-state index contributed by atoms with van der Waals surface area (Å²) in [6, 6.07) is 5.81. The van der Waals surface area contributed by atoms with Crippen LogP contribution < -0.4 is 4.74 Å². The van der Waals surface area contributed by atoms with Crippen LogP contribution in [0.1, 0.15) is 25.3 Å². The molecule has 0 aromatic heterocycles. The molecule has 0 saturated carbocycles. The zero-order chi connectivity index (χ0) is 12.8. The number of rotatable bonds is 5. The summed E-state index contributed by atoms with van der Waals surface area (Å²) >= 11 is 3.42. The van der Waals surface area contributed by atoms with Gasteiger partial charge in [0.15, 0.2) is 0 Å². The zero-order valence-electron chi connectivity index (χ0n) is 10.5. The molecule has 0 saturated heterocycles. The highest BCUT2D eigenvalue weighted by atomic mass is 79.9. The summed E-state index contributed by atoms with van der Waals surface area (Å²) in [7, 11) is 3.46. The predicted molar refractivity (Wildman–Crippen MR) is 72.1 cm³/mol. The first-order valence-electron chi connectivity index (χ1n) is 5.64. The standard InChI is InChI=1S/C13H18BrNO2/c1-4-5-13(16)15(2)9-10-8-11(14)6-7-12(10)17-3/h6-8H,4-5,9H2,1-3H3. The average Bonchev–Trinajstić information content (AvgIpc) is 2.29. The molecule has 17 heavy (non-hydrogen) atoms. The van der Waals surface area contributed by atoms with Gasteiger partial charge in [-0.3, -0.25) is 4.79 Å². The Morgan fingerprint density at radius 2 is 2.18 bits per heavy atom. The van der Waals surface area contributed by atoms with Gasteiger partial charge < -0.3 is 9.64 Å². The first-order valence-corrected chi connectivity index (χ1v) is 6.44. The molecule has 0 fully saturated rings. The van der Waals surface area contributed by atoms with Crippen molar-refractivity contribution in [3.8, 4) is 5.75 Å². The summed E-state index contributed by atoms with van der Waals surface area (Å²) in [5.41, 5.74) is 1.01. The molecule has 0 heterocycles. The quantitative estimate of drug-likeness (QED) is 0.835. The largest absolute Gasteiger partial charge is 0.496 e. The topological polar surface area (TPSA) is 29.5 Å². The lowest BCUT2D eigenvalue weighted by molar-refractivity contribution is -0.130. The van der Waals surface area contributed by atoms with Crippen molar-refractivity contribution in [2.24, 2.45) is 0 Å². The molecular formula is C13H18BrNO2. The number of ether oxygens (including phenoxy) is 1.